The van der Waals surface area contributed by atoms with Crippen LogP contribution < -0.4 is 6.15 Å². The third-order valence-corrected chi connectivity index (χ3v) is 4.18. The zero-order valence-electron chi connectivity index (χ0n) is 15.4. The molecule has 0 saturated heterocycles. The first-order valence-corrected chi connectivity index (χ1v) is 9.00. The van der Waals surface area contributed by atoms with Crippen LogP contribution in [0, 0.1) is 5.41 Å². The number of carbonyl (C=O) groups is 1. The molecule has 0 spiro atoms. The number of hydrogen-bond donors (Lipinski definition) is 1. The molecule has 0 rings (SSSR count). The highest BCUT2D eigenvalue weighted by atomic mass is 17.2. The highest BCUT2D eigenvalue weighted by Crippen LogP contribution is 2.38. The number of unbranched alkanes of at least 4 members (excludes halogenated alkanes) is 4. The first-order valence-electron chi connectivity index (χ1n) is 9.00. The van der Waals surface area contributed by atoms with E-state index in [0.717, 1.165) is 70.6 Å². The largest absolute Gasteiger partial charge is 0.348 e. The molecule has 22 heavy (non-hydrogen) atoms. The summed E-state index contributed by atoms with van der Waals surface area (Å²) in [6.45, 7) is 9.13. The van der Waals surface area contributed by atoms with Gasteiger partial charge in [-0.25, -0.2) is 4.79 Å². The molecule has 0 unspecified atom stereocenters. The average molecular weight is 318 g/mol. The van der Waals surface area contributed by atoms with Gasteiger partial charge in [-0.2, -0.15) is 4.89 Å². The quantitative estimate of drug-likeness (QED) is 0.243. The highest BCUT2D eigenvalue weighted by molar-refractivity contribution is 5.76. The van der Waals surface area contributed by atoms with Gasteiger partial charge in [0.15, 0.2) is 0 Å². The van der Waals surface area contributed by atoms with Crippen molar-refractivity contribution in [2.75, 3.05) is 6.61 Å². The summed E-state index contributed by atoms with van der Waals surface area (Å²) in [5.74, 6) is -0.131. The molecule has 0 aromatic rings. The molecule has 0 fully saturated rings. The maximum atomic E-state index is 12.6. The van der Waals surface area contributed by atoms with Crippen LogP contribution in [0.4, 0.5) is 0 Å². The Morgan fingerprint density at radius 1 is 0.773 bits per heavy atom. The summed E-state index contributed by atoms with van der Waals surface area (Å²) in [6.07, 6.45) is 11.4. The van der Waals surface area contributed by atoms with Gasteiger partial charge >= 0.3 is 5.97 Å². The van der Waals surface area contributed by atoms with Gasteiger partial charge in [-0.1, -0.05) is 72.6 Å². The first kappa shape index (κ1) is 23.7. The zero-order valence-corrected chi connectivity index (χ0v) is 15.4. The maximum absolute atomic E-state index is 12.6. The van der Waals surface area contributed by atoms with E-state index in [1.807, 2.05) is 0 Å². The van der Waals surface area contributed by atoms with Crippen molar-refractivity contribution in [1.29, 1.82) is 0 Å². The molecule has 0 atom stereocenters. The maximum Gasteiger partial charge on any atom is 0.348 e. The van der Waals surface area contributed by atoms with E-state index in [4.69, 9.17) is 9.78 Å². The van der Waals surface area contributed by atoms with Crippen LogP contribution in [0.25, 0.3) is 0 Å². The van der Waals surface area contributed by atoms with Gasteiger partial charge in [-0.05, 0) is 25.7 Å². The van der Waals surface area contributed by atoms with Crippen LogP contribution >= 0.6 is 0 Å². The standard InChI is InChI=1S/C18H36O3.H3N/c1-5-9-13-18(14-10-6-2,15-11-7-3)17(19)21-20-16-12-8-4;/h5-16H2,1-4H3;1H3. The lowest BCUT2D eigenvalue weighted by Crippen LogP contribution is -2.33. The lowest BCUT2D eigenvalue weighted by atomic mass is 9.74. The summed E-state index contributed by atoms with van der Waals surface area (Å²) in [5.41, 5.74) is -0.325. The van der Waals surface area contributed by atoms with Crippen LogP contribution in [0.2, 0.25) is 0 Å². The second-order valence-corrected chi connectivity index (χ2v) is 6.14. The SMILES string of the molecule is CCCCOOC(=O)C(CCCC)(CCCC)CCCC.N. The normalized spacial score (nSPS) is 11.1. The summed E-state index contributed by atoms with van der Waals surface area (Å²) in [4.78, 5) is 22.9. The third kappa shape index (κ3) is 9.42. The van der Waals surface area contributed by atoms with Crippen LogP contribution in [0.1, 0.15) is 98.3 Å². The average Bonchev–Trinajstić information content (AvgIpc) is 2.51. The topological polar surface area (TPSA) is 70.5 Å². The zero-order chi connectivity index (χ0) is 16.0. The summed E-state index contributed by atoms with van der Waals surface area (Å²) in [5, 5.41) is 0. The minimum atomic E-state index is -0.325. The second kappa shape index (κ2) is 15.3. The Morgan fingerprint density at radius 3 is 1.55 bits per heavy atom. The smallest absolute Gasteiger partial charge is 0.344 e. The van der Waals surface area contributed by atoms with Gasteiger partial charge in [0.05, 0.1) is 12.0 Å². The molecule has 134 valence electrons. The van der Waals surface area contributed by atoms with E-state index in [1.165, 1.54) is 0 Å². The van der Waals surface area contributed by atoms with Gasteiger partial charge < -0.3 is 6.15 Å². The van der Waals surface area contributed by atoms with E-state index in [9.17, 15) is 4.79 Å². The van der Waals surface area contributed by atoms with E-state index in [1.54, 1.807) is 0 Å². The molecular formula is C18H39NO3. The van der Waals surface area contributed by atoms with Crippen molar-refractivity contribution in [3.8, 4) is 0 Å². The Bertz CT molecular complexity index is 235. The molecule has 0 aliphatic rings. The Labute approximate surface area is 137 Å². The molecule has 3 N–H and O–H groups in total. The fraction of sp³-hybridized carbons (Fsp3) is 0.944. The van der Waals surface area contributed by atoms with Gasteiger partial charge in [-0.3, -0.25) is 4.89 Å². The van der Waals surface area contributed by atoms with Crippen molar-refractivity contribution in [1.82, 2.24) is 6.15 Å². The Morgan fingerprint density at radius 2 is 1.18 bits per heavy atom. The Kier molecular flexibility index (Phi) is 16.4. The molecule has 4 nitrogen and oxygen atoms in total. The molecule has 0 heterocycles. The highest BCUT2D eigenvalue weighted by Gasteiger charge is 2.39. The lowest BCUT2D eigenvalue weighted by molar-refractivity contribution is -0.282. The molecule has 0 aromatic carbocycles. The summed E-state index contributed by atoms with van der Waals surface area (Å²) in [7, 11) is 0. The van der Waals surface area contributed by atoms with E-state index < -0.39 is 0 Å². The summed E-state index contributed by atoms with van der Waals surface area (Å²) < 4.78 is 0. The minimum Gasteiger partial charge on any atom is -0.344 e. The van der Waals surface area contributed by atoms with Crippen LogP contribution in [0.3, 0.4) is 0 Å². The van der Waals surface area contributed by atoms with E-state index in [2.05, 4.69) is 27.7 Å². The van der Waals surface area contributed by atoms with Crippen molar-refractivity contribution in [3.63, 3.8) is 0 Å². The molecule has 0 radical (unpaired) electrons. The van der Waals surface area contributed by atoms with E-state index in [-0.39, 0.29) is 17.5 Å². The lowest BCUT2D eigenvalue weighted by Gasteiger charge is -2.31. The molecule has 0 aromatic heterocycles. The van der Waals surface area contributed by atoms with Crippen LogP contribution in [0.15, 0.2) is 0 Å². The van der Waals surface area contributed by atoms with Crippen molar-refractivity contribution in [3.05, 3.63) is 0 Å². The number of rotatable bonds is 14. The van der Waals surface area contributed by atoms with Gasteiger partial charge in [0.1, 0.15) is 0 Å². The predicted molar refractivity (Wildman–Crippen MR) is 93.0 cm³/mol. The van der Waals surface area contributed by atoms with Crippen LogP contribution in [-0.4, -0.2) is 12.6 Å². The molecule has 0 saturated carbocycles. The Balaban J connectivity index is 0. The molecular weight excluding hydrogens is 278 g/mol. The van der Waals surface area contributed by atoms with Gasteiger partial charge in [0.25, 0.3) is 0 Å². The predicted octanol–water partition coefficient (Wildman–Crippen LogP) is 5.98. The third-order valence-electron chi connectivity index (χ3n) is 4.18. The minimum absolute atomic E-state index is 0. The van der Waals surface area contributed by atoms with E-state index >= 15 is 0 Å². The van der Waals surface area contributed by atoms with Crippen molar-refractivity contribution >= 4 is 5.97 Å². The molecule has 0 bridgehead atoms. The summed E-state index contributed by atoms with van der Waals surface area (Å²) in [6, 6.07) is 0. The fourth-order valence-corrected chi connectivity index (χ4v) is 2.61. The van der Waals surface area contributed by atoms with Gasteiger partial charge in [0, 0.05) is 0 Å². The number of carbonyl (C=O) groups excluding carboxylic acids is 1. The number of hydrogen-bond acceptors (Lipinski definition) is 4. The monoisotopic (exact) mass is 317 g/mol. The van der Waals surface area contributed by atoms with Crippen LogP contribution in [0.5, 0.6) is 0 Å². The molecule has 0 aliphatic heterocycles. The molecule has 4 heteroatoms. The second-order valence-electron chi connectivity index (χ2n) is 6.14. The van der Waals surface area contributed by atoms with Gasteiger partial charge in [-0.15, -0.1) is 0 Å². The van der Waals surface area contributed by atoms with Crippen LogP contribution in [-0.2, 0) is 14.6 Å². The van der Waals surface area contributed by atoms with Gasteiger partial charge in [0.2, 0.25) is 0 Å². The Hall–Kier alpha value is -0.610. The van der Waals surface area contributed by atoms with Crippen molar-refractivity contribution < 1.29 is 14.6 Å². The first-order chi connectivity index (χ1) is 10.2. The van der Waals surface area contributed by atoms with Crippen molar-refractivity contribution in [2.45, 2.75) is 98.3 Å². The molecule has 0 amide bonds. The summed E-state index contributed by atoms with van der Waals surface area (Å²) >= 11 is 0. The van der Waals surface area contributed by atoms with Crippen molar-refractivity contribution in [2.24, 2.45) is 5.41 Å². The molecule has 0 aliphatic carbocycles. The fourth-order valence-electron chi connectivity index (χ4n) is 2.61. The van der Waals surface area contributed by atoms with E-state index in [0.29, 0.717) is 6.61 Å².